The first-order valence-corrected chi connectivity index (χ1v) is 12.1. The predicted molar refractivity (Wildman–Crippen MR) is 144 cm³/mol. The molecule has 1 amide bonds. The number of hydrogen-bond acceptors (Lipinski definition) is 10. The Kier molecular flexibility index (Phi) is 6.34. The normalized spacial score (nSPS) is 16.2. The average molecular weight is 502 g/mol. The maximum atomic E-state index is 12.5. The summed E-state index contributed by atoms with van der Waals surface area (Å²) in [5.74, 6) is 0.950. The Bertz CT molecular complexity index is 1480. The first-order chi connectivity index (χ1) is 17.8. The van der Waals surface area contributed by atoms with Crippen molar-refractivity contribution in [2.75, 3.05) is 49.3 Å². The molecule has 1 aliphatic heterocycles. The number of primary amides is 1. The van der Waals surface area contributed by atoms with Crippen LogP contribution in [0.4, 0.5) is 23.1 Å². The standard InChI is InChI=1S/C25H31N11O/c1-14-8-16(9-29-25(14)36-7-6-34(4)12-15(36)2)31-24-21(22(26)37)32-20(23(27-3)33-24)17-10-28-11-18-19(17)30-13-35(18)5/h8-11,13,15H,6-7,12H2,1-5H3,(H2,26,37)(H2,27,31,33)/t15-/m1/s1. The van der Waals surface area contributed by atoms with Gasteiger partial charge in [-0.3, -0.25) is 9.78 Å². The van der Waals surface area contributed by atoms with E-state index in [0.717, 1.165) is 36.5 Å². The molecule has 0 radical (unpaired) electrons. The van der Waals surface area contributed by atoms with Gasteiger partial charge in [0.2, 0.25) is 0 Å². The summed E-state index contributed by atoms with van der Waals surface area (Å²) in [7, 11) is 5.76. The summed E-state index contributed by atoms with van der Waals surface area (Å²) in [5, 5.41) is 6.27. The fourth-order valence-corrected chi connectivity index (χ4v) is 4.80. The minimum Gasteiger partial charge on any atom is -0.371 e. The lowest BCUT2D eigenvalue weighted by atomic mass is 10.1. The van der Waals surface area contributed by atoms with Crippen LogP contribution in [0.25, 0.3) is 22.3 Å². The number of pyridine rings is 2. The fraction of sp³-hybridized carbons (Fsp3) is 0.360. The van der Waals surface area contributed by atoms with Gasteiger partial charge < -0.3 is 30.7 Å². The van der Waals surface area contributed by atoms with Crippen LogP contribution in [0, 0.1) is 6.92 Å². The molecule has 0 spiro atoms. The molecule has 0 aromatic carbocycles. The highest BCUT2D eigenvalue weighted by Crippen LogP contribution is 2.33. The van der Waals surface area contributed by atoms with Crippen LogP contribution in [0.15, 0.2) is 31.0 Å². The van der Waals surface area contributed by atoms with Gasteiger partial charge >= 0.3 is 0 Å². The molecule has 12 nitrogen and oxygen atoms in total. The minimum atomic E-state index is -0.701. The van der Waals surface area contributed by atoms with Gasteiger partial charge in [0.15, 0.2) is 17.3 Å². The Morgan fingerprint density at radius 1 is 1.11 bits per heavy atom. The summed E-state index contributed by atoms with van der Waals surface area (Å²) < 4.78 is 1.87. The van der Waals surface area contributed by atoms with Crippen molar-refractivity contribution in [3.05, 3.63) is 42.2 Å². The zero-order valence-corrected chi connectivity index (χ0v) is 21.6. The number of aryl methyl sites for hydroxylation is 2. The van der Waals surface area contributed by atoms with Crippen LogP contribution in [0.3, 0.4) is 0 Å². The number of nitrogens with two attached hydrogens (primary N) is 1. The van der Waals surface area contributed by atoms with E-state index in [2.05, 4.69) is 54.3 Å². The number of piperazine rings is 1. The van der Waals surface area contributed by atoms with Gasteiger partial charge in [-0.2, -0.15) is 0 Å². The molecule has 192 valence electrons. The number of imidazole rings is 1. The van der Waals surface area contributed by atoms with E-state index in [9.17, 15) is 4.79 Å². The lowest BCUT2D eigenvalue weighted by molar-refractivity contribution is 0.0996. The second-order valence-electron chi connectivity index (χ2n) is 9.44. The first kappa shape index (κ1) is 24.4. The van der Waals surface area contributed by atoms with Crippen molar-refractivity contribution in [3.8, 4) is 11.3 Å². The Morgan fingerprint density at radius 2 is 1.92 bits per heavy atom. The van der Waals surface area contributed by atoms with E-state index < -0.39 is 5.91 Å². The fourth-order valence-electron chi connectivity index (χ4n) is 4.80. The second kappa shape index (κ2) is 9.62. The van der Waals surface area contributed by atoms with Gasteiger partial charge in [0.1, 0.15) is 17.0 Å². The quantitative estimate of drug-likeness (QED) is 0.359. The number of anilines is 4. The average Bonchev–Trinajstić information content (AvgIpc) is 3.25. The van der Waals surface area contributed by atoms with E-state index in [1.54, 1.807) is 32.0 Å². The molecule has 1 aliphatic rings. The number of fused-ring (bicyclic) bond motifs is 1. The minimum absolute atomic E-state index is 0.0105. The number of rotatable bonds is 6. The summed E-state index contributed by atoms with van der Waals surface area (Å²) in [4.78, 5) is 39.9. The third-order valence-electron chi connectivity index (χ3n) is 6.68. The largest absolute Gasteiger partial charge is 0.371 e. The molecule has 4 N–H and O–H groups in total. The van der Waals surface area contributed by atoms with Gasteiger partial charge in [0, 0.05) is 46.0 Å². The molecular formula is C25H31N11O. The SMILES string of the molecule is CNc1nc(Nc2cnc(N3CCN(C)C[C@H]3C)c(C)c2)c(C(N)=O)nc1-c1cncc2c1ncn2C. The van der Waals surface area contributed by atoms with Crippen molar-refractivity contribution in [3.63, 3.8) is 0 Å². The molecule has 37 heavy (non-hydrogen) atoms. The number of nitrogens with one attached hydrogen (secondary N) is 2. The van der Waals surface area contributed by atoms with Crippen molar-refractivity contribution in [1.29, 1.82) is 0 Å². The number of nitrogens with zero attached hydrogens (tertiary/aromatic N) is 8. The Hall–Kier alpha value is -4.32. The lowest BCUT2D eigenvalue weighted by Crippen LogP contribution is -2.51. The predicted octanol–water partition coefficient (Wildman–Crippen LogP) is 2.15. The van der Waals surface area contributed by atoms with Crippen molar-refractivity contribution in [2.45, 2.75) is 19.9 Å². The molecule has 0 unspecified atom stereocenters. The van der Waals surface area contributed by atoms with Crippen molar-refractivity contribution < 1.29 is 4.79 Å². The number of carbonyl (C=O) groups is 1. The topological polar surface area (TPSA) is 143 Å². The van der Waals surface area contributed by atoms with E-state index in [1.165, 1.54) is 0 Å². The number of hydrogen-bond donors (Lipinski definition) is 3. The highest BCUT2D eigenvalue weighted by molar-refractivity contribution is 5.99. The van der Waals surface area contributed by atoms with Gasteiger partial charge in [-0.05, 0) is 32.5 Å². The summed E-state index contributed by atoms with van der Waals surface area (Å²) in [6.07, 6.45) is 6.83. The summed E-state index contributed by atoms with van der Waals surface area (Å²) in [5.41, 5.74) is 10.1. The van der Waals surface area contributed by atoms with E-state index in [0.29, 0.717) is 34.3 Å². The van der Waals surface area contributed by atoms with E-state index >= 15 is 0 Å². The molecule has 4 aromatic heterocycles. The summed E-state index contributed by atoms with van der Waals surface area (Å²) >= 11 is 0. The molecule has 1 saturated heterocycles. The zero-order valence-electron chi connectivity index (χ0n) is 21.6. The Balaban J connectivity index is 1.51. The van der Waals surface area contributed by atoms with Crippen LogP contribution in [-0.2, 0) is 7.05 Å². The Morgan fingerprint density at radius 3 is 2.62 bits per heavy atom. The maximum absolute atomic E-state index is 12.5. The van der Waals surface area contributed by atoms with Gasteiger partial charge in [-0.15, -0.1) is 0 Å². The van der Waals surface area contributed by atoms with Crippen LogP contribution in [0.2, 0.25) is 0 Å². The van der Waals surface area contributed by atoms with Crippen molar-refractivity contribution in [1.82, 2.24) is 34.4 Å². The van der Waals surface area contributed by atoms with Crippen molar-refractivity contribution in [2.24, 2.45) is 12.8 Å². The molecule has 5 rings (SSSR count). The molecule has 1 fully saturated rings. The number of carbonyl (C=O) groups excluding carboxylic acids is 1. The van der Waals surface area contributed by atoms with Crippen LogP contribution >= 0.6 is 0 Å². The molecular weight excluding hydrogens is 470 g/mol. The Labute approximate surface area is 215 Å². The lowest BCUT2D eigenvalue weighted by Gasteiger charge is -2.39. The monoisotopic (exact) mass is 501 g/mol. The van der Waals surface area contributed by atoms with Crippen LogP contribution in [0.1, 0.15) is 23.0 Å². The van der Waals surface area contributed by atoms with Gasteiger partial charge in [0.05, 0.1) is 35.5 Å². The molecule has 0 saturated carbocycles. The molecule has 5 heterocycles. The first-order valence-electron chi connectivity index (χ1n) is 12.1. The highest BCUT2D eigenvalue weighted by atomic mass is 16.1. The van der Waals surface area contributed by atoms with Gasteiger partial charge in [0.25, 0.3) is 5.91 Å². The summed E-state index contributed by atoms with van der Waals surface area (Å²) in [6.45, 7) is 7.13. The molecule has 4 aromatic rings. The van der Waals surface area contributed by atoms with Crippen molar-refractivity contribution >= 4 is 40.1 Å². The second-order valence-corrected chi connectivity index (χ2v) is 9.44. The number of amides is 1. The summed E-state index contributed by atoms with van der Waals surface area (Å²) in [6, 6.07) is 2.35. The molecule has 0 bridgehead atoms. The maximum Gasteiger partial charge on any atom is 0.271 e. The van der Waals surface area contributed by atoms with Crippen LogP contribution < -0.4 is 21.3 Å². The van der Waals surface area contributed by atoms with Crippen LogP contribution in [-0.4, -0.2) is 80.1 Å². The van der Waals surface area contributed by atoms with Crippen LogP contribution in [0.5, 0.6) is 0 Å². The molecule has 1 atom stereocenters. The zero-order chi connectivity index (χ0) is 26.3. The van der Waals surface area contributed by atoms with E-state index in [1.807, 2.05) is 24.6 Å². The number of aromatic nitrogens is 6. The molecule has 12 heteroatoms. The van der Waals surface area contributed by atoms with E-state index in [-0.39, 0.29) is 11.5 Å². The third kappa shape index (κ3) is 4.51. The van der Waals surface area contributed by atoms with Gasteiger partial charge in [-0.25, -0.2) is 19.9 Å². The number of likely N-dealkylation sites (N-methyl/N-ethyl adjacent to an activating group) is 1. The highest BCUT2D eigenvalue weighted by Gasteiger charge is 2.25. The molecule has 0 aliphatic carbocycles. The van der Waals surface area contributed by atoms with E-state index in [4.69, 9.17) is 10.7 Å². The third-order valence-corrected chi connectivity index (χ3v) is 6.68. The van der Waals surface area contributed by atoms with Gasteiger partial charge in [-0.1, -0.05) is 0 Å². The smallest absolute Gasteiger partial charge is 0.271 e.